The van der Waals surface area contributed by atoms with Crippen molar-refractivity contribution in [2.24, 2.45) is 5.92 Å². The number of nitrogens with zero attached hydrogens (tertiary/aromatic N) is 4. The third kappa shape index (κ3) is 3.44. The van der Waals surface area contributed by atoms with Crippen LogP contribution in [0.25, 0.3) is 0 Å². The average Bonchev–Trinajstić information content (AvgIpc) is 3.06. The highest BCUT2D eigenvalue weighted by Crippen LogP contribution is 2.27. The zero-order valence-electron chi connectivity index (χ0n) is 15.0. The summed E-state index contributed by atoms with van der Waals surface area (Å²) in [5, 5.41) is 0. The molecule has 0 aliphatic carbocycles. The first-order valence-electron chi connectivity index (χ1n) is 9.07. The molecule has 2 fully saturated rings. The molecule has 0 bridgehead atoms. The van der Waals surface area contributed by atoms with E-state index >= 15 is 0 Å². The quantitative estimate of drug-likeness (QED) is 0.837. The van der Waals surface area contributed by atoms with Crippen LogP contribution in [-0.2, 0) is 11.2 Å². The molecule has 0 aromatic carbocycles. The molecule has 0 spiro atoms. The fourth-order valence-electron chi connectivity index (χ4n) is 3.88. The average molecular weight is 332 g/mol. The number of rotatable bonds is 4. The van der Waals surface area contributed by atoms with Gasteiger partial charge in [-0.05, 0) is 19.3 Å². The second kappa shape index (κ2) is 7.57. The topological polar surface area (TPSA) is 58.6 Å². The van der Waals surface area contributed by atoms with Gasteiger partial charge in [-0.2, -0.15) is 0 Å². The molecule has 132 valence electrons. The lowest BCUT2D eigenvalue weighted by atomic mass is 9.99. The van der Waals surface area contributed by atoms with Gasteiger partial charge in [-0.15, -0.1) is 0 Å². The van der Waals surface area contributed by atoms with Crippen molar-refractivity contribution in [1.82, 2.24) is 19.8 Å². The number of carbonyl (C=O) groups excluding carboxylic acids is 1. The molecule has 1 aromatic heterocycles. The zero-order valence-corrected chi connectivity index (χ0v) is 15.0. The first-order valence-corrected chi connectivity index (χ1v) is 9.07. The van der Waals surface area contributed by atoms with Gasteiger partial charge in [-0.25, -0.2) is 9.97 Å². The largest absolute Gasteiger partial charge is 0.379 e. The maximum absolute atomic E-state index is 13.0. The van der Waals surface area contributed by atoms with Gasteiger partial charge in [-0.3, -0.25) is 9.69 Å². The van der Waals surface area contributed by atoms with Gasteiger partial charge in [0.1, 0.15) is 5.82 Å². The molecule has 6 heteroatoms. The number of morpholine rings is 1. The van der Waals surface area contributed by atoms with Crippen LogP contribution in [0.2, 0.25) is 0 Å². The first-order chi connectivity index (χ1) is 11.6. The van der Waals surface area contributed by atoms with E-state index in [2.05, 4.69) is 21.8 Å². The Hall–Kier alpha value is -1.53. The highest BCUT2D eigenvalue weighted by molar-refractivity contribution is 5.95. The molecular weight excluding hydrogens is 304 g/mol. The molecule has 1 aromatic rings. The number of hydrogen-bond acceptors (Lipinski definition) is 5. The highest BCUT2D eigenvalue weighted by atomic mass is 16.5. The van der Waals surface area contributed by atoms with Crippen molar-refractivity contribution in [2.75, 3.05) is 39.4 Å². The summed E-state index contributed by atoms with van der Waals surface area (Å²) in [4.78, 5) is 26.2. The fraction of sp³-hybridized carbons (Fsp3) is 0.722. The van der Waals surface area contributed by atoms with Gasteiger partial charge < -0.3 is 9.64 Å². The van der Waals surface area contributed by atoms with Gasteiger partial charge >= 0.3 is 0 Å². The number of aryl methyl sites for hydroxylation is 2. The summed E-state index contributed by atoms with van der Waals surface area (Å²) in [6.07, 6.45) is 3.55. The van der Waals surface area contributed by atoms with E-state index in [-0.39, 0.29) is 5.91 Å². The van der Waals surface area contributed by atoms with Gasteiger partial charge in [0.25, 0.3) is 5.91 Å². The van der Waals surface area contributed by atoms with E-state index in [9.17, 15) is 4.79 Å². The molecule has 0 unspecified atom stereocenters. The molecule has 3 heterocycles. The summed E-state index contributed by atoms with van der Waals surface area (Å²) in [5.41, 5.74) is 1.52. The summed E-state index contributed by atoms with van der Waals surface area (Å²) in [6.45, 7) is 11.3. The molecule has 0 radical (unpaired) electrons. The monoisotopic (exact) mass is 332 g/mol. The second-order valence-corrected chi connectivity index (χ2v) is 6.73. The van der Waals surface area contributed by atoms with E-state index in [1.807, 2.05) is 18.7 Å². The molecule has 1 amide bonds. The Bertz CT molecular complexity index is 586. The summed E-state index contributed by atoms with van der Waals surface area (Å²) in [5.74, 6) is 1.34. The van der Waals surface area contributed by atoms with E-state index in [0.29, 0.717) is 17.5 Å². The van der Waals surface area contributed by atoms with Crippen LogP contribution in [-0.4, -0.2) is 71.1 Å². The SMILES string of the molecule is CCc1nc(C)ncc1C(=O)N1C[C@@H](CC)[C@H](N2CCOCC2)C1. The minimum Gasteiger partial charge on any atom is -0.379 e. The summed E-state index contributed by atoms with van der Waals surface area (Å²) in [6, 6.07) is 0.444. The van der Waals surface area contributed by atoms with Crippen LogP contribution in [0.3, 0.4) is 0 Å². The van der Waals surface area contributed by atoms with Crippen LogP contribution >= 0.6 is 0 Å². The van der Waals surface area contributed by atoms with Gasteiger partial charge in [0, 0.05) is 38.4 Å². The van der Waals surface area contributed by atoms with E-state index < -0.39 is 0 Å². The molecule has 2 aliphatic rings. The minimum atomic E-state index is 0.0843. The minimum absolute atomic E-state index is 0.0843. The smallest absolute Gasteiger partial charge is 0.257 e. The maximum Gasteiger partial charge on any atom is 0.257 e. The molecule has 3 rings (SSSR count). The standard InChI is InChI=1S/C18H28N4O2/c1-4-14-11-22(12-17(14)21-6-8-24-9-7-21)18(23)15-10-19-13(3)20-16(15)5-2/h10,14,17H,4-9,11-12H2,1-3H3/t14-,17-/m1/s1. The number of likely N-dealkylation sites (tertiary alicyclic amines) is 1. The van der Waals surface area contributed by atoms with Gasteiger partial charge in [0.15, 0.2) is 0 Å². The van der Waals surface area contributed by atoms with Gasteiger partial charge in [0.2, 0.25) is 0 Å². The van der Waals surface area contributed by atoms with E-state index in [4.69, 9.17) is 4.74 Å². The Morgan fingerprint density at radius 3 is 2.71 bits per heavy atom. The number of carbonyl (C=O) groups is 1. The lowest BCUT2D eigenvalue weighted by molar-refractivity contribution is 0.0103. The van der Waals surface area contributed by atoms with Crippen molar-refractivity contribution in [3.8, 4) is 0 Å². The van der Waals surface area contributed by atoms with E-state index in [1.54, 1.807) is 6.20 Å². The number of ether oxygens (including phenoxy) is 1. The van der Waals surface area contributed by atoms with Crippen molar-refractivity contribution in [3.63, 3.8) is 0 Å². The Kier molecular flexibility index (Phi) is 5.46. The predicted octanol–water partition coefficient (Wildman–Crippen LogP) is 1.53. The Labute approximate surface area is 144 Å². The second-order valence-electron chi connectivity index (χ2n) is 6.73. The third-order valence-electron chi connectivity index (χ3n) is 5.29. The number of hydrogen-bond donors (Lipinski definition) is 0. The number of amides is 1. The third-order valence-corrected chi connectivity index (χ3v) is 5.29. The van der Waals surface area contributed by atoms with Gasteiger partial charge in [-0.1, -0.05) is 20.3 Å². The highest BCUT2D eigenvalue weighted by Gasteiger charge is 2.38. The predicted molar refractivity (Wildman–Crippen MR) is 92.0 cm³/mol. The lowest BCUT2D eigenvalue weighted by Gasteiger charge is -2.34. The molecule has 2 saturated heterocycles. The maximum atomic E-state index is 13.0. The van der Waals surface area contributed by atoms with Crippen LogP contribution in [0.1, 0.15) is 42.1 Å². The molecule has 2 aliphatic heterocycles. The molecule has 0 N–H and O–H groups in total. The van der Waals surface area contributed by atoms with Crippen molar-refractivity contribution < 1.29 is 9.53 Å². The van der Waals surface area contributed by atoms with Crippen molar-refractivity contribution in [2.45, 2.75) is 39.7 Å². The van der Waals surface area contributed by atoms with Crippen molar-refractivity contribution in [1.29, 1.82) is 0 Å². The Morgan fingerprint density at radius 1 is 1.29 bits per heavy atom. The Morgan fingerprint density at radius 2 is 2.04 bits per heavy atom. The summed E-state index contributed by atoms with van der Waals surface area (Å²) in [7, 11) is 0. The lowest BCUT2D eigenvalue weighted by Crippen LogP contribution is -2.47. The normalized spacial score (nSPS) is 25.2. The molecule has 0 saturated carbocycles. The van der Waals surface area contributed by atoms with Crippen molar-refractivity contribution >= 4 is 5.91 Å². The zero-order chi connectivity index (χ0) is 17.1. The van der Waals surface area contributed by atoms with Crippen LogP contribution in [0, 0.1) is 12.8 Å². The van der Waals surface area contributed by atoms with Crippen LogP contribution in [0.4, 0.5) is 0 Å². The first kappa shape index (κ1) is 17.3. The molecule has 6 nitrogen and oxygen atoms in total. The molecular formula is C18H28N4O2. The summed E-state index contributed by atoms with van der Waals surface area (Å²) >= 11 is 0. The fourth-order valence-corrected chi connectivity index (χ4v) is 3.88. The van der Waals surface area contributed by atoms with Crippen molar-refractivity contribution in [3.05, 3.63) is 23.3 Å². The van der Waals surface area contributed by atoms with Crippen LogP contribution in [0.5, 0.6) is 0 Å². The summed E-state index contributed by atoms with van der Waals surface area (Å²) < 4.78 is 5.47. The molecule has 2 atom stereocenters. The van der Waals surface area contributed by atoms with Crippen LogP contribution < -0.4 is 0 Å². The number of aromatic nitrogens is 2. The van der Waals surface area contributed by atoms with E-state index in [1.165, 1.54) is 0 Å². The molecule has 24 heavy (non-hydrogen) atoms. The Balaban J connectivity index is 1.76. The van der Waals surface area contributed by atoms with E-state index in [0.717, 1.165) is 63.8 Å². The van der Waals surface area contributed by atoms with Crippen LogP contribution in [0.15, 0.2) is 6.20 Å². The van der Waals surface area contributed by atoms with Gasteiger partial charge in [0.05, 0.1) is 24.5 Å².